The van der Waals surface area contributed by atoms with Crippen LogP contribution < -0.4 is 9.41 Å². The summed E-state index contributed by atoms with van der Waals surface area (Å²) in [5.41, 5.74) is 0. The Hall–Kier alpha value is 0.307. The second kappa shape index (κ2) is 19.4. The highest BCUT2D eigenvalue weighted by atomic mass is 32.2. The zero-order chi connectivity index (χ0) is 16.1. The van der Waals surface area contributed by atoms with E-state index in [0.717, 1.165) is 39.3 Å². The van der Waals surface area contributed by atoms with Crippen LogP contribution in [0.2, 0.25) is 19.6 Å². The lowest BCUT2D eigenvalue weighted by atomic mass is 10.7. The molecule has 7 heteroatoms. The van der Waals surface area contributed by atoms with Gasteiger partial charge in [-0.15, -0.1) is 0 Å². The molecule has 22 heavy (non-hydrogen) atoms. The second-order valence-electron chi connectivity index (χ2n) is 5.09. The third-order valence-corrected chi connectivity index (χ3v) is 5.74. The van der Waals surface area contributed by atoms with Gasteiger partial charge in [0, 0.05) is 48.1 Å². The largest absolute Gasteiger partial charge is 1.00 e. The number of nitrogens with zero attached hydrogens (tertiary/aromatic N) is 3. The number of hydrogen-bond donors (Lipinski definition) is 0. The Kier molecular flexibility index (Phi) is 26.6. The Labute approximate surface area is 143 Å². The Morgan fingerprint density at radius 1 is 0.545 bits per heavy atom. The van der Waals surface area contributed by atoms with Gasteiger partial charge < -0.3 is 9.41 Å². The van der Waals surface area contributed by atoms with Crippen LogP contribution in [0.3, 0.4) is 0 Å². The predicted octanol–water partition coefficient (Wildman–Crippen LogP) is -2.25. The van der Waals surface area contributed by atoms with Crippen LogP contribution in [-0.4, -0.2) is 61.0 Å². The molecule has 0 bridgehead atoms. The fraction of sp³-hybridized carbons (Fsp3) is 1.00. The van der Waals surface area contributed by atoms with Gasteiger partial charge in [0.2, 0.25) is 0 Å². The summed E-state index contributed by atoms with van der Waals surface area (Å²) in [6.07, 6.45) is 0. The van der Waals surface area contributed by atoms with Crippen LogP contribution in [0.4, 0.5) is 0 Å². The van der Waals surface area contributed by atoms with Crippen molar-refractivity contribution in [3.8, 4) is 0 Å². The fourth-order valence-corrected chi connectivity index (χ4v) is 4.22. The molecule has 0 aliphatic carbocycles. The molecule has 0 aromatic rings. The Bertz CT molecular complexity index is 172. The van der Waals surface area contributed by atoms with Crippen LogP contribution in [0.15, 0.2) is 0 Å². The van der Waals surface area contributed by atoms with Gasteiger partial charge in [0.15, 0.2) is 0 Å². The first-order valence-corrected chi connectivity index (χ1v) is 12.3. The lowest BCUT2D eigenvalue weighted by Crippen LogP contribution is -3.00. The van der Waals surface area contributed by atoms with E-state index in [-0.39, 0.29) is 29.7 Å². The van der Waals surface area contributed by atoms with E-state index in [0.29, 0.717) is 0 Å². The van der Waals surface area contributed by atoms with Crippen LogP contribution in [0, 0.1) is 0 Å². The summed E-state index contributed by atoms with van der Waals surface area (Å²) >= 11 is 0.162. The SMILES string of the molecule is CCN(CC)[S+](N(CC)CC)N(CC)CC.C[Si](C)C.[F-].[F-]. The van der Waals surface area contributed by atoms with Gasteiger partial charge in [0.1, 0.15) is 0 Å². The first-order valence-electron chi connectivity index (χ1n) is 8.19. The lowest BCUT2D eigenvalue weighted by Gasteiger charge is -2.30. The summed E-state index contributed by atoms with van der Waals surface area (Å²) in [5.74, 6) is 0. The van der Waals surface area contributed by atoms with Crippen LogP contribution in [0.5, 0.6) is 0 Å². The Morgan fingerprint density at radius 3 is 0.773 bits per heavy atom. The maximum Gasteiger partial charge on any atom is 0.267 e. The minimum atomic E-state index is 0. The van der Waals surface area contributed by atoms with Gasteiger partial charge >= 0.3 is 0 Å². The van der Waals surface area contributed by atoms with E-state index in [1.54, 1.807) is 0 Å². The third-order valence-electron chi connectivity index (χ3n) is 2.81. The molecule has 0 fully saturated rings. The predicted molar refractivity (Wildman–Crippen MR) is 99.5 cm³/mol. The maximum atomic E-state index is 2.57. The molecule has 0 rings (SSSR count). The van der Waals surface area contributed by atoms with Crippen molar-refractivity contribution in [3.63, 3.8) is 0 Å². The van der Waals surface area contributed by atoms with Crippen LogP contribution in [0.25, 0.3) is 0 Å². The molecule has 0 aromatic carbocycles. The van der Waals surface area contributed by atoms with Gasteiger partial charge in [-0.05, 0) is 41.5 Å². The van der Waals surface area contributed by atoms with E-state index in [2.05, 4.69) is 74.1 Å². The molecule has 0 saturated heterocycles. The van der Waals surface area contributed by atoms with Crippen molar-refractivity contribution in [1.82, 2.24) is 12.9 Å². The topological polar surface area (TPSA) is 9.72 Å². The molecular formula is C15H39F2N3SSi-. The van der Waals surface area contributed by atoms with Gasteiger partial charge in [-0.2, -0.15) is 0 Å². The van der Waals surface area contributed by atoms with E-state index in [9.17, 15) is 0 Å². The summed E-state index contributed by atoms with van der Waals surface area (Å²) in [6.45, 7) is 27.2. The van der Waals surface area contributed by atoms with E-state index >= 15 is 0 Å². The first-order chi connectivity index (χ1) is 9.42. The molecule has 0 aromatic heterocycles. The van der Waals surface area contributed by atoms with Crippen LogP contribution in [0.1, 0.15) is 41.5 Å². The minimum Gasteiger partial charge on any atom is -1.00 e. The highest BCUT2D eigenvalue weighted by Crippen LogP contribution is 2.16. The first kappa shape index (κ1) is 30.2. The molecule has 0 amide bonds. The molecule has 1 radical (unpaired) electrons. The van der Waals surface area contributed by atoms with Crippen molar-refractivity contribution in [2.75, 3.05) is 39.3 Å². The quantitative estimate of drug-likeness (QED) is 0.340. The van der Waals surface area contributed by atoms with Gasteiger partial charge in [-0.1, -0.05) is 32.6 Å². The highest BCUT2D eigenvalue weighted by molar-refractivity contribution is 7.90. The third kappa shape index (κ3) is 12.8. The highest BCUT2D eigenvalue weighted by Gasteiger charge is 2.38. The van der Waals surface area contributed by atoms with Crippen molar-refractivity contribution in [2.24, 2.45) is 0 Å². The smallest absolute Gasteiger partial charge is 0.267 e. The summed E-state index contributed by atoms with van der Waals surface area (Å²) in [6, 6.07) is 0. The summed E-state index contributed by atoms with van der Waals surface area (Å²) in [4.78, 5) is 0. The normalized spacial score (nSPS) is 10.6. The second-order valence-corrected chi connectivity index (χ2v) is 10.1. The van der Waals surface area contributed by atoms with Crippen molar-refractivity contribution in [3.05, 3.63) is 0 Å². The lowest BCUT2D eigenvalue weighted by molar-refractivity contribution is -0.001000. The molecule has 0 unspecified atom stereocenters. The van der Waals surface area contributed by atoms with Gasteiger partial charge in [0.25, 0.3) is 11.5 Å². The monoisotopic (exact) mass is 359 g/mol. The molecule has 0 N–H and O–H groups in total. The van der Waals surface area contributed by atoms with Crippen molar-refractivity contribution < 1.29 is 9.41 Å². The van der Waals surface area contributed by atoms with Gasteiger partial charge in [0.05, 0.1) is 0 Å². The van der Waals surface area contributed by atoms with E-state index in [4.69, 9.17) is 0 Å². The molecule has 0 aliphatic heterocycles. The molecular weight excluding hydrogens is 320 g/mol. The summed E-state index contributed by atoms with van der Waals surface area (Å²) in [7, 11) is 0.120. The molecule has 0 heterocycles. The van der Waals surface area contributed by atoms with Crippen LogP contribution >= 0.6 is 0 Å². The van der Waals surface area contributed by atoms with Crippen LogP contribution in [-0.2, 0) is 11.5 Å². The fourth-order valence-electron chi connectivity index (χ4n) is 1.85. The van der Waals surface area contributed by atoms with E-state index in [1.165, 1.54) is 0 Å². The average Bonchev–Trinajstić information content (AvgIpc) is 2.41. The molecule has 0 spiro atoms. The zero-order valence-electron chi connectivity index (χ0n) is 16.2. The summed E-state index contributed by atoms with van der Waals surface area (Å²) in [5, 5.41) is 0. The number of hydrogen-bond acceptors (Lipinski definition) is 3. The molecule has 0 saturated carbocycles. The van der Waals surface area contributed by atoms with Gasteiger partial charge in [-0.25, -0.2) is 0 Å². The molecule has 0 aliphatic rings. The Balaban J connectivity index is -0.000000240. The number of rotatable bonds is 9. The maximum absolute atomic E-state index is 2.57. The van der Waals surface area contributed by atoms with Crippen molar-refractivity contribution in [2.45, 2.75) is 61.2 Å². The average molecular weight is 360 g/mol. The van der Waals surface area contributed by atoms with E-state index in [1.807, 2.05) is 0 Å². The van der Waals surface area contributed by atoms with Crippen molar-refractivity contribution >= 4 is 20.2 Å². The van der Waals surface area contributed by atoms with Gasteiger partial charge in [-0.3, -0.25) is 0 Å². The number of halogens is 2. The minimum absolute atomic E-state index is 0. The molecule has 0 atom stereocenters. The summed E-state index contributed by atoms with van der Waals surface area (Å²) < 4.78 is 7.71. The Morgan fingerprint density at radius 2 is 0.682 bits per heavy atom. The standard InChI is InChI=1S/C12H30N3S.C3H9Si.2FH/c1-7-13(8-2)16(14(9-3)10-4)15(11-5)12-6;1-4(2)3;;/h7-12H2,1-6H3;1-3H3;2*1H/q+1;;;/p-2. The van der Waals surface area contributed by atoms with E-state index < -0.39 is 0 Å². The zero-order valence-corrected chi connectivity index (χ0v) is 18.1. The molecule has 3 nitrogen and oxygen atoms in total. The van der Waals surface area contributed by atoms with Crippen molar-refractivity contribution in [1.29, 1.82) is 0 Å². The molecule has 139 valence electrons.